The van der Waals surface area contributed by atoms with E-state index >= 15 is 0 Å². The number of furan rings is 1. The smallest absolute Gasteiger partial charge is 0.306 e. The van der Waals surface area contributed by atoms with Crippen molar-refractivity contribution in [3.05, 3.63) is 23.7 Å². The molecule has 1 aliphatic heterocycles. The third-order valence-electron chi connectivity index (χ3n) is 7.30. The molecule has 0 amide bonds. The molecule has 0 spiro atoms. The molecule has 1 N–H and O–H groups in total. The second kappa shape index (κ2) is 4.62. The molecule has 4 heteroatoms. The fourth-order valence-electron chi connectivity index (χ4n) is 6.28. The third kappa shape index (κ3) is 1.84. The lowest BCUT2D eigenvalue weighted by Gasteiger charge is -2.62. The van der Waals surface area contributed by atoms with Crippen molar-refractivity contribution in [2.24, 2.45) is 17.3 Å². The summed E-state index contributed by atoms with van der Waals surface area (Å²) in [7, 11) is 0. The van der Waals surface area contributed by atoms with Crippen LogP contribution in [0.5, 0.6) is 0 Å². The zero-order valence-electron chi connectivity index (χ0n) is 14.2. The molecular formula is C19H26O4. The maximum Gasteiger partial charge on any atom is 0.306 e. The van der Waals surface area contributed by atoms with Crippen molar-refractivity contribution in [3.8, 4) is 0 Å². The van der Waals surface area contributed by atoms with Crippen molar-refractivity contribution >= 4 is 5.97 Å². The highest BCUT2D eigenvalue weighted by atomic mass is 16.6. The van der Waals surface area contributed by atoms with Gasteiger partial charge in [0.2, 0.25) is 0 Å². The highest BCUT2D eigenvalue weighted by molar-refractivity contribution is 5.72. The molecule has 1 saturated heterocycles. The first kappa shape index (κ1) is 15.3. The number of carbonyl (C=O) groups is 1. The number of cyclic esters (lactones) is 1. The van der Waals surface area contributed by atoms with Crippen LogP contribution in [0.1, 0.15) is 57.6 Å². The van der Waals surface area contributed by atoms with Gasteiger partial charge in [-0.3, -0.25) is 4.79 Å². The molecule has 126 valence electrons. The van der Waals surface area contributed by atoms with Gasteiger partial charge in [-0.15, -0.1) is 0 Å². The van der Waals surface area contributed by atoms with Crippen LogP contribution < -0.4 is 0 Å². The summed E-state index contributed by atoms with van der Waals surface area (Å²) < 4.78 is 11.1. The lowest BCUT2D eigenvalue weighted by atomic mass is 9.44. The zero-order chi connectivity index (χ0) is 16.5. The summed E-state index contributed by atoms with van der Waals surface area (Å²) in [6.45, 7) is 6.39. The first-order valence-corrected chi connectivity index (χ1v) is 8.72. The van der Waals surface area contributed by atoms with Gasteiger partial charge in [0.15, 0.2) is 0 Å². The van der Waals surface area contributed by atoms with E-state index in [1.165, 1.54) is 11.1 Å². The summed E-state index contributed by atoms with van der Waals surface area (Å²) in [6, 6.07) is 0. The van der Waals surface area contributed by atoms with Crippen molar-refractivity contribution in [1.82, 2.24) is 0 Å². The van der Waals surface area contributed by atoms with Gasteiger partial charge in [-0.05, 0) is 60.5 Å². The van der Waals surface area contributed by atoms with E-state index in [2.05, 4.69) is 13.8 Å². The number of ether oxygens (including phenoxy) is 1. The summed E-state index contributed by atoms with van der Waals surface area (Å²) in [5, 5.41) is 9.91. The van der Waals surface area contributed by atoms with Crippen LogP contribution in [-0.2, 0) is 21.4 Å². The Morgan fingerprint density at radius 1 is 1.22 bits per heavy atom. The van der Waals surface area contributed by atoms with Crippen LogP contribution in [-0.4, -0.2) is 23.3 Å². The maximum atomic E-state index is 12.3. The van der Waals surface area contributed by atoms with Gasteiger partial charge in [-0.2, -0.15) is 0 Å². The van der Waals surface area contributed by atoms with Crippen LogP contribution in [0.15, 0.2) is 16.9 Å². The molecule has 3 aliphatic rings. The molecule has 2 fully saturated rings. The second-order valence-electron chi connectivity index (χ2n) is 8.54. The van der Waals surface area contributed by atoms with E-state index in [1.807, 2.05) is 19.5 Å². The first-order valence-electron chi connectivity index (χ1n) is 8.72. The molecule has 23 heavy (non-hydrogen) atoms. The van der Waals surface area contributed by atoms with E-state index < -0.39 is 5.60 Å². The Morgan fingerprint density at radius 3 is 2.74 bits per heavy atom. The molecule has 1 saturated carbocycles. The van der Waals surface area contributed by atoms with E-state index in [0.29, 0.717) is 12.3 Å². The fourth-order valence-corrected chi connectivity index (χ4v) is 6.28. The van der Waals surface area contributed by atoms with Gasteiger partial charge < -0.3 is 14.3 Å². The Balaban J connectivity index is 1.81. The van der Waals surface area contributed by atoms with E-state index in [1.54, 1.807) is 0 Å². The van der Waals surface area contributed by atoms with Gasteiger partial charge >= 0.3 is 5.97 Å². The molecule has 5 atom stereocenters. The minimum absolute atomic E-state index is 0.0554. The number of aryl methyl sites for hydroxylation is 1. The standard InChI is InChI=1S/C19H26O4/c1-17-7-6-15-18(2,8-16(21)23-19(15,3)11-20)14(17)5-4-12-9-22-10-13(12)17/h9-10,14-15,20H,4-8,11H2,1-3H3/t14-,15+,17-,18+,19-/m0/s1. The molecule has 0 aromatic carbocycles. The normalized spacial score (nSPS) is 45.7. The molecule has 4 nitrogen and oxygen atoms in total. The van der Waals surface area contributed by atoms with Gasteiger partial charge in [0.1, 0.15) is 5.60 Å². The van der Waals surface area contributed by atoms with E-state index in [0.717, 1.165) is 25.7 Å². The van der Waals surface area contributed by atoms with Crippen LogP contribution in [0.4, 0.5) is 0 Å². The predicted octanol–water partition coefficient (Wildman–Crippen LogP) is 3.21. The van der Waals surface area contributed by atoms with Crippen LogP contribution in [0.25, 0.3) is 0 Å². The molecule has 0 bridgehead atoms. The number of esters is 1. The molecule has 0 radical (unpaired) electrons. The van der Waals surface area contributed by atoms with E-state index in [9.17, 15) is 9.90 Å². The highest BCUT2D eigenvalue weighted by Crippen LogP contribution is 2.64. The Morgan fingerprint density at radius 2 is 2.00 bits per heavy atom. The van der Waals surface area contributed by atoms with Crippen molar-refractivity contribution in [3.63, 3.8) is 0 Å². The predicted molar refractivity (Wildman–Crippen MR) is 84.9 cm³/mol. The number of carbonyl (C=O) groups excluding carboxylic acids is 1. The molecule has 1 aromatic heterocycles. The minimum Gasteiger partial charge on any atom is -0.472 e. The van der Waals surface area contributed by atoms with Crippen LogP contribution in [0.3, 0.4) is 0 Å². The number of aliphatic hydroxyl groups is 1. The largest absolute Gasteiger partial charge is 0.472 e. The number of hydrogen-bond donors (Lipinski definition) is 1. The lowest BCUT2D eigenvalue weighted by Crippen LogP contribution is -2.63. The topological polar surface area (TPSA) is 59.7 Å². The molecule has 2 heterocycles. The summed E-state index contributed by atoms with van der Waals surface area (Å²) in [5.74, 6) is 0.462. The summed E-state index contributed by atoms with van der Waals surface area (Å²) in [5.41, 5.74) is 1.84. The monoisotopic (exact) mass is 318 g/mol. The lowest BCUT2D eigenvalue weighted by molar-refractivity contribution is -0.219. The van der Waals surface area contributed by atoms with Crippen molar-refractivity contribution in [2.75, 3.05) is 6.61 Å². The van der Waals surface area contributed by atoms with E-state index in [-0.39, 0.29) is 29.3 Å². The van der Waals surface area contributed by atoms with Gasteiger partial charge in [0.05, 0.1) is 25.6 Å². The molecular weight excluding hydrogens is 292 g/mol. The Hall–Kier alpha value is -1.29. The SMILES string of the molecule is C[C@]12CC(=O)O[C@@](C)(CO)[C@@H]1CC[C@@]1(C)c3cocc3CC[C@H]21. The van der Waals surface area contributed by atoms with Gasteiger partial charge in [-0.1, -0.05) is 13.8 Å². The second-order valence-corrected chi connectivity index (χ2v) is 8.54. The fraction of sp³-hybridized carbons (Fsp3) is 0.737. The number of fused-ring (bicyclic) bond motifs is 5. The number of aliphatic hydroxyl groups excluding tert-OH is 1. The Bertz CT molecular complexity index is 650. The van der Waals surface area contributed by atoms with Crippen molar-refractivity contribution in [1.29, 1.82) is 0 Å². The van der Waals surface area contributed by atoms with Crippen molar-refractivity contribution < 1.29 is 19.1 Å². The Kier molecular flexibility index (Phi) is 3.07. The third-order valence-corrected chi connectivity index (χ3v) is 7.30. The molecule has 4 rings (SSSR count). The number of rotatable bonds is 1. The Labute approximate surface area is 137 Å². The van der Waals surface area contributed by atoms with Gasteiger partial charge in [0.25, 0.3) is 0 Å². The maximum absolute atomic E-state index is 12.3. The quantitative estimate of drug-likeness (QED) is 0.808. The molecule has 0 unspecified atom stereocenters. The summed E-state index contributed by atoms with van der Waals surface area (Å²) in [6.07, 6.45) is 8.37. The molecule has 2 aliphatic carbocycles. The average Bonchev–Trinajstić information content (AvgIpc) is 2.95. The highest BCUT2D eigenvalue weighted by Gasteiger charge is 2.63. The zero-order valence-corrected chi connectivity index (χ0v) is 14.2. The minimum atomic E-state index is -0.748. The van der Waals surface area contributed by atoms with Gasteiger partial charge in [0, 0.05) is 5.92 Å². The molecule has 1 aromatic rings. The van der Waals surface area contributed by atoms with Crippen LogP contribution in [0, 0.1) is 17.3 Å². The first-order chi connectivity index (χ1) is 10.8. The van der Waals surface area contributed by atoms with Crippen LogP contribution >= 0.6 is 0 Å². The van der Waals surface area contributed by atoms with Crippen molar-refractivity contribution in [2.45, 2.75) is 63.9 Å². The number of hydrogen-bond acceptors (Lipinski definition) is 4. The van der Waals surface area contributed by atoms with Crippen LogP contribution in [0.2, 0.25) is 0 Å². The summed E-state index contributed by atoms with van der Waals surface area (Å²) >= 11 is 0. The summed E-state index contributed by atoms with van der Waals surface area (Å²) in [4.78, 5) is 12.3. The average molecular weight is 318 g/mol. The van der Waals surface area contributed by atoms with E-state index in [4.69, 9.17) is 9.15 Å². The van der Waals surface area contributed by atoms with Gasteiger partial charge in [-0.25, -0.2) is 0 Å².